The van der Waals surface area contributed by atoms with Crippen LogP contribution in [0.1, 0.15) is 113 Å². The van der Waals surface area contributed by atoms with Crippen molar-refractivity contribution in [3.05, 3.63) is 141 Å². The highest BCUT2D eigenvalue weighted by Crippen LogP contribution is 2.43. The second kappa shape index (κ2) is 23.8. The standard InChI is InChI=1S/C58H65N3O13S4/c1-8-50(62)55(78(68,69)72-7)22-36(4)76-75-35(3)17-20-56(63)59-43-24-37(23-38(25-43)33-74-53-28-39-18-19-44-26-40-13-9-11-15-47(40)60(44)57(64)46(39)31-52(53)70-5)32-73-51-29-42-30-54(77(66,67)71-6)49-27-41-14-10-12-16-48(41)61(49)58(65)45(42)21-34(51)2/h9-16,21,23-25,28-29,31,35-36,44,49,54-55H,8,17-20,22,26-27,30,32-33H2,1-7H3,(H,59,63)/t35?,36?,44-,49+,54?,55?/m1/s1. The number of carbonyl (C=O) groups excluding carboxylic acids is 4. The van der Waals surface area contributed by atoms with Gasteiger partial charge < -0.3 is 29.3 Å². The van der Waals surface area contributed by atoms with Crippen LogP contribution in [0.2, 0.25) is 0 Å². The smallest absolute Gasteiger partial charge is 0.277 e. The van der Waals surface area contributed by atoms with Crippen LogP contribution in [0.15, 0.2) is 91.0 Å². The second-order valence-electron chi connectivity index (χ2n) is 20.3. The molecule has 20 heteroatoms. The van der Waals surface area contributed by atoms with Crippen LogP contribution < -0.4 is 29.3 Å². The number of hydrogen-bond acceptors (Lipinski definition) is 15. The minimum absolute atomic E-state index is 0.00184. The van der Waals surface area contributed by atoms with E-state index in [1.807, 2.05) is 92.4 Å². The maximum Gasteiger partial charge on any atom is 0.277 e. The summed E-state index contributed by atoms with van der Waals surface area (Å²) in [5, 5.41) is 0.580. The van der Waals surface area contributed by atoms with Gasteiger partial charge in [-0.1, -0.05) is 78.8 Å². The number of para-hydroxylation sites is 2. The number of amides is 3. The van der Waals surface area contributed by atoms with Gasteiger partial charge in [-0.3, -0.25) is 27.5 Å². The monoisotopic (exact) mass is 1140 g/mol. The number of benzene rings is 5. The summed E-state index contributed by atoms with van der Waals surface area (Å²) in [7, 11) is -1.41. The van der Waals surface area contributed by atoms with Gasteiger partial charge in [0, 0.05) is 57.6 Å². The van der Waals surface area contributed by atoms with Crippen molar-refractivity contribution in [3.8, 4) is 17.2 Å². The van der Waals surface area contributed by atoms with E-state index < -0.39 is 42.6 Å². The summed E-state index contributed by atoms with van der Waals surface area (Å²) in [5.41, 5.74) is 8.53. The Hall–Kier alpha value is -5.90. The lowest BCUT2D eigenvalue weighted by atomic mass is 9.97. The average Bonchev–Trinajstić information content (AvgIpc) is 4.05. The van der Waals surface area contributed by atoms with Gasteiger partial charge in [0.05, 0.1) is 27.4 Å². The van der Waals surface area contributed by atoms with Gasteiger partial charge in [0.25, 0.3) is 32.1 Å². The summed E-state index contributed by atoms with van der Waals surface area (Å²) < 4.78 is 80.9. The van der Waals surface area contributed by atoms with Crippen molar-refractivity contribution in [1.82, 2.24) is 0 Å². The summed E-state index contributed by atoms with van der Waals surface area (Å²) in [4.78, 5) is 58.3. The fourth-order valence-electron chi connectivity index (χ4n) is 11.0. The number of ketones is 1. The Morgan fingerprint density at radius 3 is 1.99 bits per heavy atom. The molecule has 5 aromatic rings. The van der Waals surface area contributed by atoms with Crippen LogP contribution in [0, 0.1) is 6.92 Å². The number of methoxy groups -OCH3 is 1. The van der Waals surface area contributed by atoms with E-state index in [0.717, 1.165) is 49.4 Å². The molecule has 6 atom stereocenters. The van der Waals surface area contributed by atoms with Gasteiger partial charge in [-0.05, 0) is 145 Å². The molecule has 0 fully saturated rings. The molecule has 0 spiro atoms. The number of anilines is 3. The molecule has 0 aliphatic carbocycles. The van der Waals surface area contributed by atoms with Crippen LogP contribution in [0.4, 0.5) is 17.1 Å². The van der Waals surface area contributed by atoms with E-state index in [4.69, 9.17) is 22.6 Å². The van der Waals surface area contributed by atoms with Crippen molar-refractivity contribution in [2.75, 3.05) is 36.4 Å². The Bertz CT molecular complexity index is 3370. The number of nitrogens with one attached hydrogen (secondary N) is 1. The van der Waals surface area contributed by atoms with Crippen LogP contribution in [-0.4, -0.2) is 94.8 Å². The van der Waals surface area contributed by atoms with E-state index in [-0.39, 0.29) is 73.2 Å². The number of hydrogen-bond donors (Lipinski definition) is 1. The quantitative estimate of drug-likeness (QED) is 0.0507. The van der Waals surface area contributed by atoms with E-state index in [1.165, 1.54) is 28.7 Å². The molecule has 4 aliphatic heterocycles. The molecule has 0 radical (unpaired) electrons. The third kappa shape index (κ3) is 12.0. The molecule has 0 saturated carbocycles. The maximum atomic E-state index is 14.4. The zero-order chi connectivity index (χ0) is 55.6. The van der Waals surface area contributed by atoms with Crippen LogP contribution in [0.3, 0.4) is 0 Å². The maximum absolute atomic E-state index is 14.4. The zero-order valence-electron chi connectivity index (χ0n) is 44.7. The fourth-order valence-corrected chi connectivity index (χ4v) is 16.2. The Morgan fingerprint density at radius 2 is 1.32 bits per heavy atom. The molecule has 0 saturated heterocycles. The third-order valence-corrected chi connectivity index (χ3v) is 21.9. The summed E-state index contributed by atoms with van der Waals surface area (Å²) >= 11 is 0. The first-order valence-electron chi connectivity index (χ1n) is 26.1. The number of Topliss-reactive ketones (excluding diaryl/α,β-unsaturated/α-hetero) is 1. The summed E-state index contributed by atoms with van der Waals surface area (Å²) in [5.74, 6) is 0.302. The molecule has 0 bridgehead atoms. The molecule has 4 aliphatic rings. The molecule has 78 heavy (non-hydrogen) atoms. The van der Waals surface area contributed by atoms with Crippen LogP contribution >= 0.6 is 21.6 Å². The molecule has 5 aromatic carbocycles. The number of nitrogens with zero attached hydrogens (tertiary/aromatic N) is 2. The minimum Gasteiger partial charge on any atom is -0.493 e. The van der Waals surface area contributed by atoms with Gasteiger partial charge in [0.2, 0.25) is 5.91 Å². The van der Waals surface area contributed by atoms with Crippen LogP contribution in [0.25, 0.3) is 0 Å². The van der Waals surface area contributed by atoms with Crippen molar-refractivity contribution < 1.29 is 58.6 Å². The molecule has 0 aromatic heterocycles. The SMILES string of the molecule is CCC(=O)C(CC(C)SSC(C)CCC(=O)Nc1cc(COc2cc3c(cc2C)C(=O)N2c4ccccc4C[C@H]2C(S(=O)(=O)OC)C3)cc(COc2cc3c(cc2OC)C(=O)N2c4ccccc4C[C@H]2CC3)c1)S(=O)(=O)OC. The number of aryl methyl sites for hydroxylation is 2. The molecular weight excluding hydrogens is 1070 g/mol. The highest BCUT2D eigenvalue weighted by Gasteiger charge is 2.48. The van der Waals surface area contributed by atoms with E-state index in [1.54, 1.807) is 30.0 Å². The first-order valence-corrected chi connectivity index (χ1v) is 31.3. The van der Waals surface area contributed by atoms with Gasteiger partial charge in [-0.25, -0.2) is 0 Å². The van der Waals surface area contributed by atoms with Gasteiger partial charge in [-0.15, -0.1) is 0 Å². The van der Waals surface area contributed by atoms with Crippen molar-refractivity contribution >= 4 is 82.4 Å². The first kappa shape index (κ1) is 56.8. The Kier molecular flexibility index (Phi) is 17.4. The number of fused-ring (bicyclic) bond motifs is 8. The zero-order valence-corrected chi connectivity index (χ0v) is 48.0. The summed E-state index contributed by atoms with van der Waals surface area (Å²) in [6, 6.07) is 27.5. The molecule has 4 unspecified atom stereocenters. The largest absolute Gasteiger partial charge is 0.493 e. The van der Waals surface area contributed by atoms with Crippen molar-refractivity contribution in [1.29, 1.82) is 0 Å². The van der Waals surface area contributed by atoms with E-state index in [0.29, 0.717) is 81.3 Å². The molecule has 3 amide bonds. The van der Waals surface area contributed by atoms with Crippen molar-refractivity contribution in [3.63, 3.8) is 0 Å². The van der Waals surface area contributed by atoms with Gasteiger partial charge in [0.15, 0.2) is 17.3 Å². The van der Waals surface area contributed by atoms with Crippen molar-refractivity contribution in [2.45, 2.75) is 132 Å². The van der Waals surface area contributed by atoms with E-state index in [9.17, 15) is 36.0 Å². The van der Waals surface area contributed by atoms with Gasteiger partial charge in [0.1, 0.15) is 29.5 Å². The first-order chi connectivity index (χ1) is 37.3. The van der Waals surface area contributed by atoms with E-state index >= 15 is 0 Å². The highest BCUT2D eigenvalue weighted by molar-refractivity contribution is 8.77. The predicted molar refractivity (Wildman–Crippen MR) is 304 cm³/mol. The van der Waals surface area contributed by atoms with Crippen LogP contribution in [-0.2, 0) is 77.1 Å². The highest BCUT2D eigenvalue weighted by atomic mass is 33.1. The molecule has 1 N–H and O–H groups in total. The minimum atomic E-state index is -4.10. The Morgan fingerprint density at radius 1 is 0.705 bits per heavy atom. The second-order valence-corrected chi connectivity index (χ2v) is 27.3. The fraction of sp³-hybridized carbons (Fsp3) is 0.414. The predicted octanol–water partition coefficient (Wildman–Crippen LogP) is 9.74. The van der Waals surface area contributed by atoms with Gasteiger partial charge >= 0.3 is 0 Å². The lowest BCUT2D eigenvalue weighted by Crippen LogP contribution is -2.47. The Labute approximate surface area is 464 Å². The average molecular weight is 1140 g/mol. The third-order valence-electron chi connectivity index (χ3n) is 15.1. The summed E-state index contributed by atoms with van der Waals surface area (Å²) in [6.45, 7) is 7.39. The summed E-state index contributed by atoms with van der Waals surface area (Å²) in [6.07, 6.45) is 3.49. The number of ether oxygens (including phenoxy) is 3. The normalized spacial score (nSPS) is 18.7. The number of carbonyl (C=O) groups is 4. The molecule has 16 nitrogen and oxygen atoms in total. The molecule has 9 rings (SSSR count). The van der Waals surface area contributed by atoms with Gasteiger partial charge in [-0.2, -0.15) is 16.8 Å². The lowest BCUT2D eigenvalue weighted by molar-refractivity contribution is -0.118. The van der Waals surface area contributed by atoms with Crippen LogP contribution in [0.5, 0.6) is 17.2 Å². The topological polar surface area (TPSA) is 201 Å². The molecule has 4 heterocycles. The lowest BCUT2D eigenvalue weighted by Gasteiger charge is -2.28. The van der Waals surface area contributed by atoms with E-state index in [2.05, 4.69) is 11.4 Å². The Balaban J connectivity index is 0.941. The molecular formula is C58H65N3O13S4. The van der Waals surface area contributed by atoms with Crippen molar-refractivity contribution in [2.24, 2.45) is 0 Å². The number of rotatable bonds is 22. The molecule has 414 valence electrons.